The van der Waals surface area contributed by atoms with Gasteiger partial charge in [0, 0.05) is 17.1 Å². The summed E-state index contributed by atoms with van der Waals surface area (Å²) >= 11 is 0. The van der Waals surface area contributed by atoms with Crippen molar-refractivity contribution >= 4 is 29.5 Å². The predicted molar refractivity (Wildman–Crippen MR) is 134 cm³/mol. The van der Waals surface area contributed by atoms with Gasteiger partial charge >= 0.3 is 0 Å². The molecule has 0 aliphatic carbocycles. The zero-order valence-corrected chi connectivity index (χ0v) is 20.1. The Bertz CT molecular complexity index is 1120. The van der Waals surface area contributed by atoms with Crippen molar-refractivity contribution in [1.29, 1.82) is 5.26 Å². The number of hydrogen-bond donors (Lipinski definition) is 1. The Morgan fingerprint density at radius 3 is 2.42 bits per heavy atom. The van der Waals surface area contributed by atoms with Crippen molar-refractivity contribution in [2.24, 2.45) is 0 Å². The number of carbonyl (C=O) groups excluding carboxylic acids is 1. The summed E-state index contributed by atoms with van der Waals surface area (Å²) in [6, 6.07) is 8.38. The molecule has 2 aromatic carbocycles. The predicted octanol–water partition coefficient (Wildman–Crippen LogP) is 7.71. The van der Waals surface area contributed by atoms with Crippen LogP contribution in [-0.2, 0) is 0 Å². The maximum Gasteiger partial charge on any atom is 0.271 e. The second-order valence-corrected chi connectivity index (χ2v) is 7.77. The fourth-order valence-corrected chi connectivity index (χ4v) is 3.97. The van der Waals surface area contributed by atoms with Gasteiger partial charge in [-0.1, -0.05) is 51.4 Å². The molecule has 0 aromatic heterocycles. The average molecular weight is 448 g/mol. The van der Waals surface area contributed by atoms with E-state index in [2.05, 4.69) is 17.4 Å². The molecule has 172 valence electrons. The fraction of sp³-hybridized carbons (Fsp3) is 0.333. The van der Waals surface area contributed by atoms with Crippen molar-refractivity contribution in [2.75, 3.05) is 5.32 Å². The highest BCUT2D eigenvalue weighted by atomic mass is 19.2. The standard InChI is InChI=1S/C25H25BF2N2O.C2H6/c1-4-17(5-2)21-8-9-22(24(28)23(21)27)30-25(31)20-7-6-19(14-16(20)3)18-10-12-26(15-29)13-11-18;1-2/h4,6-10,14H,5,11-13H2,1-3H3,(H,30,31);1-2H3/b17-4+;. The van der Waals surface area contributed by atoms with E-state index < -0.39 is 17.5 Å². The van der Waals surface area contributed by atoms with Gasteiger partial charge in [-0.3, -0.25) is 4.79 Å². The first kappa shape index (κ1) is 26.1. The zero-order chi connectivity index (χ0) is 24.5. The lowest BCUT2D eigenvalue weighted by molar-refractivity contribution is 0.102. The van der Waals surface area contributed by atoms with E-state index in [-0.39, 0.29) is 18.0 Å². The van der Waals surface area contributed by atoms with Gasteiger partial charge in [0.25, 0.3) is 12.6 Å². The van der Waals surface area contributed by atoms with Crippen LogP contribution in [0, 0.1) is 29.8 Å². The molecule has 33 heavy (non-hydrogen) atoms. The highest BCUT2D eigenvalue weighted by Gasteiger charge is 2.21. The number of nitrogens with one attached hydrogen (secondary N) is 1. The van der Waals surface area contributed by atoms with Crippen molar-refractivity contribution < 1.29 is 13.6 Å². The first-order chi connectivity index (χ1) is 15.9. The second kappa shape index (κ2) is 12.2. The Morgan fingerprint density at radius 1 is 1.18 bits per heavy atom. The third-order valence-corrected chi connectivity index (χ3v) is 5.84. The lowest BCUT2D eigenvalue weighted by atomic mass is 9.43. The van der Waals surface area contributed by atoms with Gasteiger partial charge < -0.3 is 5.32 Å². The number of benzene rings is 2. The number of anilines is 1. The van der Waals surface area contributed by atoms with E-state index in [4.69, 9.17) is 5.26 Å². The van der Waals surface area contributed by atoms with Crippen LogP contribution in [0.5, 0.6) is 0 Å². The minimum atomic E-state index is -1.06. The Labute approximate surface area is 196 Å². The van der Waals surface area contributed by atoms with E-state index >= 15 is 0 Å². The number of nitriles is 1. The van der Waals surface area contributed by atoms with Gasteiger partial charge in [0.05, 0.1) is 5.69 Å². The maximum atomic E-state index is 14.6. The summed E-state index contributed by atoms with van der Waals surface area (Å²) < 4.78 is 29.1. The molecule has 0 bridgehead atoms. The number of rotatable bonds is 5. The molecule has 0 saturated heterocycles. The van der Waals surface area contributed by atoms with Crippen molar-refractivity contribution in [1.82, 2.24) is 0 Å². The largest absolute Gasteiger partial charge is 0.319 e. The molecular weight excluding hydrogens is 417 g/mol. The van der Waals surface area contributed by atoms with Crippen molar-refractivity contribution in [2.45, 2.75) is 60.1 Å². The van der Waals surface area contributed by atoms with E-state index in [0.717, 1.165) is 30.2 Å². The summed E-state index contributed by atoms with van der Waals surface area (Å²) in [6.45, 7) is 9.54. The van der Waals surface area contributed by atoms with E-state index in [0.29, 0.717) is 17.6 Å². The molecule has 3 nitrogen and oxygen atoms in total. The molecule has 1 amide bonds. The van der Waals surface area contributed by atoms with E-state index in [9.17, 15) is 13.6 Å². The first-order valence-corrected chi connectivity index (χ1v) is 11.5. The minimum Gasteiger partial charge on any atom is -0.319 e. The van der Waals surface area contributed by atoms with Crippen LogP contribution < -0.4 is 5.32 Å². The molecule has 0 radical (unpaired) electrons. The third kappa shape index (κ3) is 5.99. The summed E-state index contributed by atoms with van der Waals surface area (Å²) in [5.41, 5.74) is 4.07. The highest BCUT2D eigenvalue weighted by Crippen LogP contribution is 2.30. The van der Waals surface area contributed by atoms with Crippen LogP contribution >= 0.6 is 0 Å². The molecular formula is C27H31BF2N2O. The molecule has 6 heteroatoms. The van der Waals surface area contributed by atoms with Gasteiger partial charge in [-0.25, -0.2) is 14.0 Å². The summed E-state index contributed by atoms with van der Waals surface area (Å²) in [7, 11) is 0. The van der Waals surface area contributed by atoms with E-state index in [1.807, 2.05) is 39.8 Å². The molecule has 1 aliphatic heterocycles. The van der Waals surface area contributed by atoms with Crippen LogP contribution in [0.25, 0.3) is 11.1 Å². The third-order valence-electron chi connectivity index (χ3n) is 5.84. The lowest BCUT2D eigenvalue weighted by Crippen LogP contribution is -2.16. The van der Waals surface area contributed by atoms with Crippen molar-refractivity contribution in [3.05, 3.63) is 76.4 Å². The maximum absolute atomic E-state index is 14.6. The van der Waals surface area contributed by atoms with Gasteiger partial charge in [-0.05, 0) is 73.5 Å². The number of aryl methyl sites for hydroxylation is 1. The highest BCUT2D eigenvalue weighted by molar-refractivity contribution is 6.67. The molecule has 0 saturated carbocycles. The molecule has 0 unspecified atom stereocenters. The fourth-order valence-electron chi connectivity index (χ4n) is 3.97. The number of amides is 1. The van der Waals surface area contributed by atoms with Gasteiger partial charge in [0.15, 0.2) is 11.6 Å². The Balaban J connectivity index is 0.00000187. The summed E-state index contributed by atoms with van der Waals surface area (Å²) in [6.07, 6.45) is 6.81. The van der Waals surface area contributed by atoms with Gasteiger partial charge in [0.2, 0.25) is 0 Å². The number of allylic oxidation sites excluding steroid dienone is 4. The van der Waals surface area contributed by atoms with Gasteiger partial charge in [-0.15, -0.1) is 0 Å². The Hall–Kier alpha value is -3.20. The van der Waals surface area contributed by atoms with Crippen LogP contribution in [0.1, 0.15) is 67.6 Å². The zero-order valence-electron chi connectivity index (χ0n) is 20.1. The SMILES string of the molecule is C/C=C(\CC)c1ccc(NC(=O)c2ccc(C3=CCB(C#N)CC3)cc2C)c(F)c1F.CC. The van der Waals surface area contributed by atoms with Crippen LogP contribution in [0.15, 0.2) is 42.5 Å². The number of carbonyl (C=O) groups is 1. The summed E-state index contributed by atoms with van der Waals surface area (Å²) in [4.78, 5) is 12.7. The molecule has 1 N–H and O–H groups in total. The molecule has 3 rings (SSSR count). The average Bonchev–Trinajstić information content (AvgIpc) is 2.85. The van der Waals surface area contributed by atoms with Crippen LogP contribution in [0.3, 0.4) is 0 Å². The van der Waals surface area contributed by atoms with Crippen molar-refractivity contribution in [3.8, 4) is 5.97 Å². The number of hydrogen-bond acceptors (Lipinski definition) is 2. The minimum absolute atomic E-state index is 0.0674. The van der Waals surface area contributed by atoms with E-state index in [1.165, 1.54) is 17.7 Å². The quantitative estimate of drug-likeness (QED) is 0.476. The molecule has 1 aliphatic rings. The molecule has 0 fully saturated rings. The monoisotopic (exact) mass is 448 g/mol. The second-order valence-electron chi connectivity index (χ2n) is 7.77. The molecule has 0 spiro atoms. The Kier molecular flexibility index (Phi) is 9.60. The smallest absolute Gasteiger partial charge is 0.271 e. The number of nitrogens with zero attached hydrogens (tertiary/aromatic N) is 1. The molecule has 0 atom stereocenters. The summed E-state index contributed by atoms with van der Waals surface area (Å²) in [5, 5.41) is 11.5. The first-order valence-electron chi connectivity index (χ1n) is 11.5. The Morgan fingerprint density at radius 2 is 1.88 bits per heavy atom. The summed E-state index contributed by atoms with van der Waals surface area (Å²) in [5.74, 6) is -0.207. The van der Waals surface area contributed by atoms with Crippen molar-refractivity contribution in [3.63, 3.8) is 0 Å². The normalized spacial score (nSPS) is 13.5. The topological polar surface area (TPSA) is 52.9 Å². The lowest BCUT2D eigenvalue weighted by Gasteiger charge is -2.16. The molecule has 2 aromatic rings. The number of halogens is 2. The van der Waals surface area contributed by atoms with E-state index in [1.54, 1.807) is 19.1 Å². The van der Waals surface area contributed by atoms with Crippen LogP contribution in [0.4, 0.5) is 14.5 Å². The van der Waals surface area contributed by atoms with Crippen LogP contribution in [-0.4, -0.2) is 12.6 Å². The van der Waals surface area contributed by atoms with Gasteiger partial charge in [-0.2, -0.15) is 0 Å². The van der Waals surface area contributed by atoms with Gasteiger partial charge in [0.1, 0.15) is 0 Å². The van der Waals surface area contributed by atoms with Crippen LogP contribution in [0.2, 0.25) is 12.6 Å². The molecule has 1 heterocycles.